The molecular weight excluding hydrogens is 384 g/mol. The molecule has 3 rings (SSSR count). The first-order chi connectivity index (χ1) is 14.2. The standard InChI is InChI=1S/C23H24N2O5/c1-14-5-4-6-18(9-14)22(28)24-25-12-19(11-21(25)27)23(29)30-13-20(26)17-8-7-15(2)16(3)10-17/h4-10,19H,11-13H2,1-3H3,(H,24,28)/t19-/m1/s1. The van der Waals surface area contributed by atoms with Gasteiger partial charge in [-0.15, -0.1) is 0 Å². The van der Waals surface area contributed by atoms with Crippen LogP contribution in [-0.4, -0.2) is 41.7 Å². The van der Waals surface area contributed by atoms with E-state index >= 15 is 0 Å². The van der Waals surface area contributed by atoms with E-state index in [1.807, 2.05) is 32.9 Å². The smallest absolute Gasteiger partial charge is 0.311 e. The molecule has 1 N–H and O–H groups in total. The van der Waals surface area contributed by atoms with Crippen LogP contribution in [0.1, 0.15) is 43.8 Å². The van der Waals surface area contributed by atoms with Crippen molar-refractivity contribution in [1.82, 2.24) is 10.4 Å². The van der Waals surface area contributed by atoms with Gasteiger partial charge in [0.05, 0.1) is 12.5 Å². The Balaban J connectivity index is 1.53. The van der Waals surface area contributed by atoms with Crippen molar-refractivity contribution in [2.75, 3.05) is 13.2 Å². The van der Waals surface area contributed by atoms with E-state index in [4.69, 9.17) is 4.74 Å². The second-order valence-corrected chi connectivity index (χ2v) is 7.55. The van der Waals surface area contributed by atoms with E-state index in [1.54, 1.807) is 30.3 Å². The zero-order valence-electron chi connectivity index (χ0n) is 17.2. The minimum absolute atomic E-state index is 0.00700. The van der Waals surface area contributed by atoms with Gasteiger partial charge in [0.2, 0.25) is 5.91 Å². The Hall–Kier alpha value is -3.48. The van der Waals surface area contributed by atoms with Gasteiger partial charge in [0.15, 0.2) is 12.4 Å². The summed E-state index contributed by atoms with van der Waals surface area (Å²) in [5.74, 6) is -2.47. The molecule has 0 radical (unpaired) electrons. The van der Waals surface area contributed by atoms with Crippen LogP contribution in [0.2, 0.25) is 0 Å². The van der Waals surface area contributed by atoms with Crippen LogP contribution in [0.5, 0.6) is 0 Å². The molecule has 0 spiro atoms. The minimum Gasteiger partial charge on any atom is -0.457 e. The molecule has 7 heteroatoms. The number of esters is 1. The molecule has 30 heavy (non-hydrogen) atoms. The molecular formula is C23H24N2O5. The number of carbonyl (C=O) groups excluding carboxylic acids is 4. The average molecular weight is 408 g/mol. The number of benzene rings is 2. The average Bonchev–Trinajstić information content (AvgIpc) is 3.08. The van der Waals surface area contributed by atoms with Crippen molar-refractivity contribution >= 4 is 23.6 Å². The summed E-state index contributed by atoms with van der Waals surface area (Å²) in [6.45, 7) is 5.34. The van der Waals surface area contributed by atoms with Gasteiger partial charge >= 0.3 is 5.97 Å². The molecule has 1 fully saturated rings. The Labute approximate surface area is 175 Å². The van der Waals surface area contributed by atoms with E-state index in [0.29, 0.717) is 11.1 Å². The van der Waals surface area contributed by atoms with Crippen molar-refractivity contribution < 1.29 is 23.9 Å². The molecule has 1 saturated heterocycles. The van der Waals surface area contributed by atoms with E-state index < -0.39 is 17.8 Å². The van der Waals surface area contributed by atoms with Gasteiger partial charge in [-0.25, -0.2) is 0 Å². The molecule has 0 aromatic heterocycles. The van der Waals surface area contributed by atoms with E-state index in [1.165, 1.54) is 0 Å². The molecule has 2 amide bonds. The van der Waals surface area contributed by atoms with E-state index in [9.17, 15) is 19.2 Å². The third-order valence-corrected chi connectivity index (χ3v) is 5.15. The van der Waals surface area contributed by atoms with Crippen LogP contribution in [0.4, 0.5) is 0 Å². The maximum absolute atomic E-state index is 12.3. The van der Waals surface area contributed by atoms with E-state index in [2.05, 4.69) is 5.43 Å². The molecule has 1 aliphatic heterocycles. The minimum atomic E-state index is -0.733. The molecule has 7 nitrogen and oxygen atoms in total. The first kappa shape index (κ1) is 21.2. The molecule has 2 aromatic rings. The topological polar surface area (TPSA) is 92.8 Å². The lowest BCUT2D eigenvalue weighted by atomic mass is 10.0. The maximum Gasteiger partial charge on any atom is 0.311 e. The van der Waals surface area contributed by atoms with Gasteiger partial charge in [-0.05, 0) is 50.1 Å². The monoisotopic (exact) mass is 408 g/mol. The van der Waals surface area contributed by atoms with Gasteiger partial charge < -0.3 is 4.74 Å². The number of Topliss-reactive ketones (excluding diaryl/α,β-unsaturated/α-hetero) is 1. The second kappa shape index (κ2) is 8.90. The van der Waals surface area contributed by atoms with Crippen molar-refractivity contribution in [2.45, 2.75) is 27.2 Å². The zero-order valence-corrected chi connectivity index (χ0v) is 17.2. The van der Waals surface area contributed by atoms with Gasteiger partial charge in [-0.3, -0.25) is 29.6 Å². The molecule has 0 bridgehead atoms. The summed E-state index contributed by atoms with van der Waals surface area (Å²) in [5.41, 5.74) is 6.40. The molecule has 1 atom stereocenters. The third kappa shape index (κ3) is 4.92. The Morgan fingerprint density at radius 2 is 1.80 bits per heavy atom. The maximum atomic E-state index is 12.3. The van der Waals surface area contributed by atoms with Gasteiger partial charge in [0.1, 0.15) is 0 Å². The van der Waals surface area contributed by atoms with Crippen molar-refractivity contribution in [3.63, 3.8) is 0 Å². The van der Waals surface area contributed by atoms with E-state index in [0.717, 1.165) is 21.7 Å². The summed E-state index contributed by atoms with van der Waals surface area (Å²) in [6.07, 6.45) is -0.0786. The molecule has 156 valence electrons. The van der Waals surface area contributed by atoms with Crippen molar-refractivity contribution in [3.05, 3.63) is 70.3 Å². The number of ether oxygens (including phenoxy) is 1. The molecule has 1 aliphatic rings. The fraction of sp³-hybridized carbons (Fsp3) is 0.304. The molecule has 0 aliphatic carbocycles. The highest BCUT2D eigenvalue weighted by Gasteiger charge is 2.36. The van der Waals surface area contributed by atoms with Crippen LogP contribution in [-0.2, 0) is 14.3 Å². The molecule has 2 aromatic carbocycles. The number of hydrogen-bond donors (Lipinski definition) is 1. The predicted molar refractivity (Wildman–Crippen MR) is 110 cm³/mol. The number of ketones is 1. The number of nitrogens with one attached hydrogen (secondary N) is 1. The summed E-state index contributed by atoms with van der Waals surface area (Å²) >= 11 is 0. The molecule has 0 saturated carbocycles. The highest BCUT2D eigenvalue weighted by molar-refractivity contribution is 5.99. The van der Waals surface area contributed by atoms with Gasteiger partial charge in [0.25, 0.3) is 5.91 Å². The van der Waals surface area contributed by atoms with Crippen LogP contribution >= 0.6 is 0 Å². The fourth-order valence-corrected chi connectivity index (χ4v) is 3.20. The van der Waals surface area contributed by atoms with Crippen LogP contribution < -0.4 is 5.43 Å². The van der Waals surface area contributed by atoms with Crippen LogP contribution in [0.25, 0.3) is 0 Å². The number of aryl methyl sites for hydroxylation is 3. The van der Waals surface area contributed by atoms with Crippen LogP contribution in [0.15, 0.2) is 42.5 Å². The lowest BCUT2D eigenvalue weighted by Crippen LogP contribution is -2.43. The third-order valence-electron chi connectivity index (χ3n) is 5.15. The molecule has 0 unspecified atom stereocenters. The molecule has 1 heterocycles. The SMILES string of the molecule is Cc1cccc(C(=O)NN2C[C@H](C(=O)OCC(=O)c3ccc(C)c(C)c3)CC2=O)c1. The number of nitrogens with zero attached hydrogens (tertiary/aromatic N) is 1. The first-order valence-electron chi connectivity index (χ1n) is 9.69. The van der Waals surface area contributed by atoms with Gasteiger partial charge in [-0.2, -0.15) is 0 Å². The summed E-state index contributed by atoms with van der Waals surface area (Å²) in [7, 11) is 0. The Bertz CT molecular complexity index is 1010. The Morgan fingerprint density at radius 3 is 2.50 bits per heavy atom. The van der Waals surface area contributed by atoms with E-state index in [-0.39, 0.29) is 31.3 Å². The lowest BCUT2D eigenvalue weighted by Gasteiger charge is -2.17. The number of rotatable bonds is 6. The largest absolute Gasteiger partial charge is 0.457 e. The number of hydrogen-bond acceptors (Lipinski definition) is 5. The first-order valence-corrected chi connectivity index (χ1v) is 9.69. The highest BCUT2D eigenvalue weighted by atomic mass is 16.5. The number of amides is 2. The summed E-state index contributed by atoms with van der Waals surface area (Å²) in [6, 6.07) is 12.3. The normalized spacial score (nSPS) is 15.8. The quantitative estimate of drug-likeness (QED) is 0.586. The number of hydrazine groups is 1. The zero-order chi connectivity index (χ0) is 21.8. The van der Waals surface area contributed by atoms with Gasteiger partial charge in [0, 0.05) is 17.5 Å². The van der Waals surface area contributed by atoms with Crippen LogP contribution in [0, 0.1) is 26.7 Å². The fourth-order valence-electron chi connectivity index (χ4n) is 3.20. The van der Waals surface area contributed by atoms with Crippen molar-refractivity contribution in [2.24, 2.45) is 5.92 Å². The Kier molecular flexibility index (Phi) is 6.30. The van der Waals surface area contributed by atoms with Crippen molar-refractivity contribution in [3.8, 4) is 0 Å². The highest BCUT2D eigenvalue weighted by Crippen LogP contribution is 2.18. The number of carbonyl (C=O) groups is 4. The summed E-state index contributed by atoms with van der Waals surface area (Å²) in [4.78, 5) is 49.1. The van der Waals surface area contributed by atoms with Crippen LogP contribution in [0.3, 0.4) is 0 Å². The lowest BCUT2D eigenvalue weighted by molar-refractivity contribution is -0.147. The summed E-state index contributed by atoms with van der Waals surface area (Å²) < 4.78 is 5.13. The second-order valence-electron chi connectivity index (χ2n) is 7.55. The van der Waals surface area contributed by atoms with Gasteiger partial charge in [-0.1, -0.05) is 29.8 Å². The summed E-state index contributed by atoms with van der Waals surface area (Å²) in [5, 5.41) is 1.13. The van der Waals surface area contributed by atoms with Crippen molar-refractivity contribution in [1.29, 1.82) is 0 Å². The predicted octanol–water partition coefficient (Wildman–Crippen LogP) is 2.53. The Morgan fingerprint density at radius 1 is 1.03 bits per heavy atom.